The molecule has 0 radical (unpaired) electrons. The molecule has 2 aliphatic rings. The van der Waals surface area contributed by atoms with Crippen LogP contribution < -0.4 is 5.32 Å². The van der Waals surface area contributed by atoms with Gasteiger partial charge in [-0.1, -0.05) is 18.2 Å². The number of ether oxygens (including phenoxy) is 1. The summed E-state index contributed by atoms with van der Waals surface area (Å²) in [7, 11) is 1.38. The predicted octanol–water partition coefficient (Wildman–Crippen LogP) is 2.77. The normalized spacial score (nSPS) is 14.9. The van der Waals surface area contributed by atoms with Gasteiger partial charge in [-0.3, -0.25) is 19.3 Å². The number of hydrogen-bond donors (Lipinski definition) is 1. The lowest BCUT2D eigenvalue weighted by Gasteiger charge is -2.09. The zero-order valence-electron chi connectivity index (χ0n) is 17.8. The lowest BCUT2D eigenvalue weighted by molar-refractivity contribution is -0.119. The van der Waals surface area contributed by atoms with Crippen molar-refractivity contribution in [2.75, 3.05) is 19.0 Å². The second-order valence-electron chi connectivity index (χ2n) is 8.03. The molecule has 3 amide bonds. The van der Waals surface area contributed by atoms with E-state index in [1.165, 1.54) is 25.2 Å². The molecule has 1 N–H and O–H groups in total. The van der Waals surface area contributed by atoms with Crippen molar-refractivity contribution in [2.45, 2.75) is 18.8 Å². The summed E-state index contributed by atoms with van der Waals surface area (Å²) < 4.78 is 6.79. The van der Waals surface area contributed by atoms with E-state index in [1.54, 1.807) is 4.68 Å². The molecule has 0 bridgehead atoms. The molecule has 9 heteroatoms. The third-order valence-electron chi connectivity index (χ3n) is 5.65. The first-order chi connectivity index (χ1) is 15.9. The molecule has 0 unspecified atom stereocenters. The molecule has 1 saturated carbocycles. The fraction of sp³-hybridized carbons (Fsp3) is 0.208. The van der Waals surface area contributed by atoms with Crippen molar-refractivity contribution in [2.24, 2.45) is 0 Å². The van der Waals surface area contributed by atoms with Crippen LogP contribution in [0.4, 0.5) is 5.82 Å². The van der Waals surface area contributed by atoms with Gasteiger partial charge in [0.2, 0.25) is 0 Å². The fourth-order valence-electron chi connectivity index (χ4n) is 3.71. The zero-order valence-corrected chi connectivity index (χ0v) is 17.8. The molecule has 3 aromatic rings. The highest BCUT2D eigenvalue weighted by Crippen LogP contribution is 2.40. The number of rotatable bonds is 6. The molecule has 1 fully saturated rings. The number of nitrogens with one attached hydrogen (secondary N) is 1. The Morgan fingerprint density at radius 2 is 1.76 bits per heavy atom. The third kappa shape index (κ3) is 3.89. The SMILES string of the molecule is CN1C(=O)c2ccc(C(=O)OCC(=O)Nc3cc(C4CC4)nn3-c3ccccc3)cc2C1=O. The number of aromatic nitrogens is 2. The van der Waals surface area contributed by atoms with E-state index in [4.69, 9.17) is 4.74 Å². The van der Waals surface area contributed by atoms with Gasteiger partial charge in [-0.05, 0) is 43.2 Å². The molecule has 166 valence electrons. The highest BCUT2D eigenvalue weighted by molar-refractivity contribution is 6.21. The van der Waals surface area contributed by atoms with Crippen molar-refractivity contribution in [3.05, 3.63) is 77.0 Å². The molecule has 2 heterocycles. The number of fused-ring (bicyclic) bond motifs is 1. The van der Waals surface area contributed by atoms with Crippen LogP contribution in [0, 0.1) is 0 Å². The van der Waals surface area contributed by atoms with Crippen LogP contribution in [-0.4, -0.2) is 52.0 Å². The molecule has 1 aliphatic heterocycles. The maximum absolute atomic E-state index is 12.5. The Balaban J connectivity index is 1.27. The number of carbonyl (C=O) groups is 4. The second kappa shape index (κ2) is 8.01. The minimum absolute atomic E-state index is 0.0864. The molecular weight excluding hydrogens is 424 g/mol. The second-order valence-corrected chi connectivity index (χ2v) is 8.03. The molecule has 5 rings (SSSR count). The summed E-state index contributed by atoms with van der Waals surface area (Å²) in [5.74, 6) is -1.29. The van der Waals surface area contributed by atoms with Crippen LogP contribution in [0.25, 0.3) is 5.69 Å². The van der Waals surface area contributed by atoms with Crippen molar-refractivity contribution in [3.63, 3.8) is 0 Å². The Morgan fingerprint density at radius 3 is 2.48 bits per heavy atom. The van der Waals surface area contributed by atoms with Crippen LogP contribution in [0.15, 0.2) is 54.6 Å². The Kier molecular flexibility index (Phi) is 5.01. The molecular formula is C24H20N4O5. The number of anilines is 1. The monoisotopic (exact) mass is 444 g/mol. The van der Waals surface area contributed by atoms with Crippen LogP contribution in [0.1, 0.15) is 55.5 Å². The van der Waals surface area contributed by atoms with E-state index in [9.17, 15) is 19.2 Å². The Labute approximate surface area is 188 Å². The van der Waals surface area contributed by atoms with Crippen molar-refractivity contribution in [1.29, 1.82) is 0 Å². The van der Waals surface area contributed by atoms with E-state index >= 15 is 0 Å². The lowest BCUT2D eigenvalue weighted by Crippen LogP contribution is -2.24. The maximum Gasteiger partial charge on any atom is 0.338 e. The largest absolute Gasteiger partial charge is 0.452 e. The summed E-state index contributed by atoms with van der Waals surface area (Å²) in [6.07, 6.45) is 2.14. The Bertz CT molecular complexity index is 1290. The minimum Gasteiger partial charge on any atom is -0.452 e. The van der Waals surface area contributed by atoms with Gasteiger partial charge in [0, 0.05) is 19.0 Å². The number of para-hydroxylation sites is 1. The summed E-state index contributed by atoms with van der Waals surface area (Å²) in [6.45, 7) is -0.512. The number of esters is 1. The van der Waals surface area contributed by atoms with Gasteiger partial charge in [0.1, 0.15) is 5.82 Å². The van der Waals surface area contributed by atoms with Crippen LogP contribution in [-0.2, 0) is 9.53 Å². The standard InChI is InChI=1S/C24H20N4O5/c1-27-22(30)17-10-9-15(11-18(17)23(27)31)24(32)33-13-21(29)25-20-12-19(14-7-8-14)26-28(20)16-5-3-2-4-6-16/h2-6,9-12,14H,7-8,13H2,1H3,(H,25,29). The summed E-state index contributed by atoms with van der Waals surface area (Å²) in [5.41, 5.74) is 2.18. The number of carbonyl (C=O) groups excluding carboxylic acids is 4. The number of nitrogens with zero attached hydrogens (tertiary/aromatic N) is 3. The first kappa shape index (κ1) is 20.6. The quantitative estimate of drug-likeness (QED) is 0.462. The number of imide groups is 1. The minimum atomic E-state index is -0.766. The van der Waals surface area contributed by atoms with E-state index in [-0.39, 0.29) is 16.7 Å². The van der Waals surface area contributed by atoms with Gasteiger partial charge in [-0.2, -0.15) is 5.10 Å². The Hall–Kier alpha value is -4.27. The van der Waals surface area contributed by atoms with Crippen molar-refractivity contribution in [3.8, 4) is 5.69 Å². The highest BCUT2D eigenvalue weighted by atomic mass is 16.5. The van der Waals surface area contributed by atoms with Crippen LogP contribution >= 0.6 is 0 Å². The molecule has 1 aliphatic carbocycles. The van der Waals surface area contributed by atoms with Gasteiger partial charge >= 0.3 is 5.97 Å². The number of amides is 3. The van der Waals surface area contributed by atoms with Crippen molar-refractivity contribution in [1.82, 2.24) is 14.7 Å². The molecule has 0 spiro atoms. The molecule has 9 nitrogen and oxygen atoms in total. The average Bonchev–Trinajstić information content (AvgIpc) is 3.57. The summed E-state index contributed by atoms with van der Waals surface area (Å²) in [6, 6.07) is 15.4. The first-order valence-corrected chi connectivity index (χ1v) is 10.5. The van der Waals surface area contributed by atoms with Gasteiger partial charge in [0.05, 0.1) is 28.1 Å². The van der Waals surface area contributed by atoms with E-state index in [0.717, 1.165) is 29.1 Å². The van der Waals surface area contributed by atoms with E-state index in [0.29, 0.717) is 11.7 Å². The van der Waals surface area contributed by atoms with Gasteiger partial charge in [0.25, 0.3) is 17.7 Å². The third-order valence-corrected chi connectivity index (χ3v) is 5.65. The van der Waals surface area contributed by atoms with E-state index < -0.39 is 30.3 Å². The highest BCUT2D eigenvalue weighted by Gasteiger charge is 2.33. The summed E-state index contributed by atoms with van der Waals surface area (Å²) >= 11 is 0. The maximum atomic E-state index is 12.5. The lowest BCUT2D eigenvalue weighted by atomic mass is 10.1. The molecule has 2 aromatic carbocycles. The fourth-order valence-corrected chi connectivity index (χ4v) is 3.71. The van der Waals surface area contributed by atoms with Crippen molar-refractivity contribution < 1.29 is 23.9 Å². The molecule has 1 aromatic heterocycles. The van der Waals surface area contributed by atoms with Gasteiger partial charge in [-0.25, -0.2) is 9.48 Å². The van der Waals surface area contributed by atoms with Gasteiger partial charge < -0.3 is 10.1 Å². The summed E-state index contributed by atoms with van der Waals surface area (Å²) in [5, 5.41) is 7.38. The van der Waals surface area contributed by atoms with Crippen molar-refractivity contribution >= 4 is 29.5 Å². The predicted molar refractivity (Wildman–Crippen MR) is 117 cm³/mol. The van der Waals surface area contributed by atoms with Crippen LogP contribution in [0.3, 0.4) is 0 Å². The summed E-state index contributed by atoms with van der Waals surface area (Å²) in [4.78, 5) is 50.1. The zero-order chi connectivity index (χ0) is 23.1. The topological polar surface area (TPSA) is 111 Å². The number of hydrogen-bond acceptors (Lipinski definition) is 6. The van der Waals surface area contributed by atoms with E-state index in [2.05, 4.69) is 10.4 Å². The average molecular weight is 444 g/mol. The van der Waals surface area contributed by atoms with Gasteiger partial charge in [0.15, 0.2) is 6.61 Å². The van der Waals surface area contributed by atoms with Crippen LogP contribution in [0.2, 0.25) is 0 Å². The number of benzene rings is 2. The first-order valence-electron chi connectivity index (χ1n) is 10.5. The Morgan fingerprint density at radius 1 is 1.03 bits per heavy atom. The molecule has 0 saturated heterocycles. The molecule has 33 heavy (non-hydrogen) atoms. The molecule has 0 atom stereocenters. The van der Waals surface area contributed by atoms with Gasteiger partial charge in [-0.15, -0.1) is 0 Å². The van der Waals surface area contributed by atoms with Crippen LogP contribution in [0.5, 0.6) is 0 Å². The smallest absolute Gasteiger partial charge is 0.338 e. The van der Waals surface area contributed by atoms with E-state index in [1.807, 2.05) is 36.4 Å².